The smallest absolute Gasteiger partial charge is 0.307 e. The summed E-state index contributed by atoms with van der Waals surface area (Å²) >= 11 is 0. The number of nitro benzene ring substituents is 1. The van der Waals surface area contributed by atoms with E-state index in [1.165, 1.54) is 18.2 Å². The first-order valence-corrected chi connectivity index (χ1v) is 8.90. The monoisotopic (exact) mass is 360 g/mol. The Bertz CT molecular complexity index is 663. The van der Waals surface area contributed by atoms with Crippen molar-refractivity contribution >= 4 is 23.6 Å². The van der Waals surface area contributed by atoms with Gasteiger partial charge in [0.15, 0.2) is 0 Å². The van der Waals surface area contributed by atoms with Crippen LogP contribution in [-0.4, -0.2) is 40.9 Å². The molecule has 1 fully saturated rings. The minimum absolute atomic E-state index is 0.00972. The molecule has 26 heavy (non-hydrogen) atoms. The molecule has 0 heterocycles. The molecule has 1 aromatic carbocycles. The van der Waals surface area contributed by atoms with Gasteiger partial charge in [-0.15, -0.1) is 0 Å². The van der Waals surface area contributed by atoms with Crippen molar-refractivity contribution in [3.8, 4) is 0 Å². The fourth-order valence-electron chi connectivity index (χ4n) is 3.10. The van der Waals surface area contributed by atoms with E-state index in [4.69, 9.17) is 4.74 Å². The summed E-state index contributed by atoms with van der Waals surface area (Å²) in [5.41, 5.74) is 0.719. The Morgan fingerprint density at radius 2 is 1.92 bits per heavy atom. The van der Waals surface area contributed by atoms with E-state index in [1.807, 2.05) is 0 Å². The second-order valence-corrected chi connectivity index (χ2v) is 6.21. The van der Waals surface area contributed by atoms with Crippen molar-refractivity contribution in [3.05, 3.63) is 46.0 Å². The maximum Gasteiger partial charge on any atom is 0.307 e. The van der Waals surface area contributed by atoms with Crippen LogP contribution in [0.15, 0.2) is 30.3 Å². The van der Waals surface area contributed by atoms with Gasteiger partial charge in [0, 0.05) is 30.8 Å². The highest BCUT2D eigenvalue weighted by Gasteiger charge is 2.25. The number of amides is 1. The van der Waals surface area contributed by atoms with Gasteiger partial charge < -0.3 is 9.64 Å². The summed E-state index contributed by atoms with van der Waals surface area (Å²) in [6, 6.07) is 6.15. The van der Waals surface area contributed by atoms with Crippen LogP contribution in [0.2, 0.25) is 0 Å². The molecule has 0 aromatic heterocycles. The number of non-ortho nitro benzene ring substituents is 1. The molecular formula is C19H24N2O5. The Kier molecular flexibility index (Phi) is 7.32. The third-order valence-corrected chi connectivity index (χ3v) is 4.43. The molecule has 140 valence electrons. The highest BCUT2D eigenvalue weighted by Crippen LogP contribution is 2.24. The van der Waals surface area contributed by atoms with Crippen LogP contribution in [0.25, 0.3) is 6.08 Å². The van der Waals surface area contributed by atoms with Crippen molar-refractivity contribution in [3.63, 3.8) is 0 Å². The Morgan fingerprint density at radius 1 is 1.27 bits per heavy atom. The molecule has 7 nitrogen and oxygen atoms in total. The molecule has 0 bridgehead atoms. The molecule has 0 saturated heterocycles. The second kappa shape index (κ2) is 9.70. The highest BCUT2D eigenvalue weighted by atomic mass is 16.6. The van der Waals surface area contributed by atoms with Crippen LogP contribution in [0.4, 0.5) is 5.69 Å². The van der Waals surface area contributed by atoms with Crippen molar-refractivity contribution in [2.24, 2.45) is 0 Å². The number of hydrogen-bond acceptors (Lipinski definition) is 5. The lowest BCUT2D eigenvalue weighted by molar-refractivity contribution is -0.384. The van der Waals surface area contributed by atoms with E-state index in [0.717, 1.165) is 25.7 Å². The fraction of sp³-hybridized carbons (Fsp3) is 0.474. The van der Waals surface area contributed by atoms with Crippen molar-refractivity contribution in [1.29, 1.82) is 0 Å². The van der Waals surface area contributed by atoms with Gasteiger partial charge in [-0.1, -0.05) is 12.8 Å². The number of nitrogens with zero attached hydrogens (tertiary/aromatic N) is 2. The van der Waals surface area contributed by atoms with E-state index >= 15 is 0 Å². The number of carbonyl (C=O) groups is 2. The lowest BCUT2D eigenvalue weighted by atomic mass is 10.1. The minimum atomic E-state index is -0.462. The van der Waals surface area contributed by atoms with Crippen LogP contribution in [0.5, 0.6) is 0 Å². The normalized spacial score (nSPS) is 14.5. The lowest BCUT2D eigenvalue weighted by Crippen LogP contribution is -2.39. The molecule has 0 atom stereocenters. The Hall–Kier alpha value is -2.70. The Balaban J connectivity index is 2.02. The number of carbonyl (C=O) groups excluding carboxylic acids is 2. The molecule has 0 N–H and O–H groups in total. The van der Waals surface area contributed by atoms with Crippen LogP contribution >= 0.6 is 0 Å². The predicted octanol–water partition coefficient (Wildman–Crippen LogP) is 3.33. The summed E-state index contributed by atoms with van der Waals surface area (Å²) in [4.78, 5) is 36.2. The van der Waals surface area contributed by atoms with Crippen LogP contribution in [-0.2, 0) is 14.3 Å². The molecule has 0 radical (unpaired) electrons. The summed E-state index contributed by atoms with van der Waals surface area (Å²) in [7, 11) is 0. The maximum atomic E-state index is 12.6. The standard InChI is InChI=1S/C19H24N2O5/c1-2-26-19(23)13-14-20(16-5-3-4-6-16)18(22)12-9-15-7-10-17(11-8-15)21(24)25/h7-12,16H,2-6,13-14H2,1H3/b12-9+. The van der Waals surface area contributed by atoms with Gasteiger partial charge >= 0.3 is 5.97 Å². The average Bonchev–Trinajstić information content (AvgIpc) is 3.15. The number of esters is 1. The molecule has 0 spiro atoms. The zero-order valence-electron chi connectivity index (χ0n) is 14.9. The van der Waals surface area contributed by atoms with Gasteiger partial charge in [-0.25, -0.2) is 0 Å². The Morgan fingerprint density at radius 3 is 2.50 bits per heavy atom. The first-order chi connectivity index (χ1) is 12.5. The third-order valence-electron chi connectivity index (χ3n) is 4.43. The number of ether oxygens (including phenoxy) is 1. The number of nitro groups is 1. The fourth-order valence-corrected chi connectivity index (χ4v) is 3.10. The molecule has 1 saturated carbocycles. The number of benzene rings is 1. The molecule has 0 aliphatic heterocycles. The lowest BCUT2D eigenvalue weighted by Gasteiger charge is -2.27. The van der Waals surface area contributed by atoms with E-state index in [0.29, 0.717) is 18.7 Å². The predicted molar refractivity (Wildman–Crippen MR) is 97.3 cm³/mol. The molecule has 1 aliphatic rings. The summed E-state index contributed by atoms with van der Waals surface area (Å²) in [6.45, 7) is 2.42. The number of rotatable bonds is 8. The van der Waals surface area contributed by atoms with Crippen LogP contribution in [0, 0.1) is 10.1 Å². The molecule has 1 aliphatic carbocycles. The van der Waals surface area contributed by atoms with Crippen LogP contribution in [0.3, 0.4) is 0 Å². The van der Waals surface area contributed by atoms with Gasteiger partial charge in [0.1, 0.15) is 0 Å². The summed E-state index contributed by atoms with van der Waals surface area (Å²) < 4.78 is 4.94. The average molecular weight is 360 g/mol. The molecule has 0 unspecified atom stereocenters. The van der Waals surface area contributed by atoms with Gasteiger partial charge in [0.05, 0.1) is 18.0 Å². The summed E-state index contributed by atoms with van der Waals surface area (Å²) in [5, 5.41) is 10.7. The minimum Gasteiger partial charge on any atom is -0.466 e. The summed E-state index contributed by atoms with van der Waals surface area (Å²) in [5.74, 6) is -0.456. The van der Waals surface area contributed by atoms with E-state index in [9.17, 15) is 19.7 Å². The zero-order valence-corrected chi connectivity index (χ0v) is 14.9. The van der Waals surface area contributed by atoms with Crippen LogP contribution < -0.4 is 0 Å². The first kappa shape index (κ1) is 19.6. The van der Waals surface area contributed by atoms with Crippen LogP contribution in [0.1, 0.15) is 44.6 Å². The summed E-state index contributed by atoms with van der Waals surface area (Å²) in [6.07, 6.45) is 7.34. The first-order valence-electron chi connectivity index (χ1n) is 8.90. The molecule has 2 rings (SSSR count). The second-order valence-electron chi connectivity index (χ2n) is 6.21. The van der Waals surface area contributed by atoms with Gasteiger partial charge in [-0.2, -0.15) is 0 Å². The van der Waals surface area contributed by atoms with Gasteiger partial charge in [-0.05, 0) is 43.5 Å². The largest absolute Gasteiger partial charge is 0.466 e. The van der Waals surface area contributed by atoms with E-state index < -0.39 is 4.92 Å². The molecule has 7 heteroatoms. The van der Waals surface area contributed by atoms with Gasteiger partial charge in [-0.3, -0.25) is 19.7 Å². The quantitative estimate of drug-likeness (QED) is 0.307. The van der Waals surface area contributed by atoms with E-state index in [1.54, 1.807) is 30.0 Å². The maximum absolute atomic E-state index is 12.6. The molecular weight excluding hydrogens is 336 g/mol. The topological polar surface area (TPSA) is 89.8 Å². The van der Waals surface area contributed by atoms with Crippen molar-refractivity contribution in [1.82, 2.24) is 4.90 Å². The van der Waals surface area contributed by atoms with Gasteiger partial charge in [0.25, 0.3) is 5.69 Å². The SMILES string of the molecule is CCOC(=O)CCN(C(=O)/C=C/c1ccc([N+](=O)[O-])cc1)C1CCCC1. The van der Waals surface area contributed by atoms with Gasteiger partial charge in [0.2, 0.25) is 5.91 Å². The highest BCUT2D eigenvalue weighted by molar-refractivity contribution is 5.92. The third kappa shape index (κ3) is 5.68. The molecule has 1 amide bonds. The van der Waals surface area contributed by atoms with Crippen molar-refractivity contribution in [2.45, 2.75) is 45.1 Å². The zero-order chi connectivity index (χ0) is 18.9. The van der Waals surface area contributed by atoms with Crippen molar-refractivity contribution < 1.29 is 19.2 Å². The molecule has 1 aromatic rings. The van der Waals surface area contributed by atoms with E-state index in [2.05, 4.69) is 0 Å². The Labute approximate surface area is 152 Å². The van der Waals surface area contributed by atoms with E-state index in [-0.39, 0.29) is 30.0 Å². The van der Waals surface area contributed by atoms with Crippen molar-refractivity contribution in [2.75, 3.05) is 13.2 Å². The number of hydrogen-bond donors (Lipinski definition) is 0.